The first-order valence-corrected chi connectivity index (χ1v) is 12.2. The second kappa shape index (κ2) is 7.93. The maximum absolute atomic E-state index is 12.4. The molecule has 0 aromatic carbocycles. The minimum Gasteiger partial charge on any atom is -0.459 e. The van der Waals surface area contributed by atoms with Crippen molar-refractivity contribution in [3.8, 4) is 0 Å². The van der Waals surface area contributed by atoms with Crippen LogP contribution in [-0.4, -0.2) is 56.4 Å². The molecule has 6 nitrogen and oxygen atoms in total. The van der Waals surface area contributed by atoms with E-state index in [1.54, 1.807) is 19.9 Å². The first-order valence-electron chi connectivity index (χ1n) is 12.2. The molecule has 0 amide bonds. The number of aliphatic hydroxyl groups is 4. The van der Waals surface area contributed by atoms with Gasteiger partial charge in [0.1, 0.15) is 6.10 Å². The number of esters is 1. The van der Waals surface area contributed by atoms with Crippen molar-refractivity contribution in [2.24, 2.45) is 28.6 Å². The lowest BCUT2D eigenvalue weighted by molar-refractivity contribution is -0.271. The van der Waals surface area contributed by atoms with Crippen molar-refractivity contribution in [3.05, 3.63) is 23.3 Å². The quantitative estimate of drug-likeness (QED) is 0.300. The van der Waals surface area contributed by atoms with Crippen molar-refractivity contribution in [3.63, 3.8) is 0 Å². The van der Waals surface area contributed by atoms with Gasteiger partial charge >= 0.3 is 5.97 Å². The molecule has 3 saturated carbocycles. The summed E-state index contributed by atoms with van der Waals surface area (Å²) >= 11 is 0. The predicted molar refractivity (Wildman–Crippen MR) is 120 cm³/mol. The lowest BCUT2D eigenvalue weighted by Crippen LogP contribution is -2.71. The average molecular weight is 449 g/mol. The molecule has 0 saturated heterocycles. The summed E-state index contributed by atoms with van der Waals surface area (Å²) in [6, 6.07) is 0. The summed E-state index contributed by atoms with van der Waals surface area (Å²) in [4.78, 5) is 12.4. The van der Waals surface area contributed by atoms with E-state index in [1.807, 2.05) is 13.8 Å². The average Bonchev–Trinajstić information content (AvgIpc) is 3.04. The Balaban J connectivity index is 1.70. The molecule has 4 rings (SSSR count). The zero-order valence-corrected chi connectivity index (χ0v) is 20.0. The van der Waals surface area contributed by atoms with Crippen LogP contribution in [0.4, 0.5) is 0 Å². The Morgan fingerprint density at radius 3 is 2.56 bits per heavy atom. The second-order valence-electron chi connectivity index (χ2n) is 11.3. The van der Waals surface area contributed by atoms with E-state index in [0.717, 1.165) is 12.0 Å². The van der Waals surface area contributed by atoms with Gasteiger partial charge in [0.25, 0.3) is 0 Å². The van der Waals surface area contributed by atoms with Gasteiger partial charge in [-0.2, -0.15) is 0 Å². The molecule has 0 radical (unpaired) electrons. The molecule has 0 heterocycles. The van der Waals surface area contributed by atoms with Gasteiger partial charge in [0.15, 0.2) is 0 Å². The Hall–Kier alpha value is -1.21. The lowest BCUT2D eigenvalue weighted by Gasteiger charge is -2.64. The highest BCUT2D eigenvalue weighted by Crippen LogP contribution is 2.68. The number of rotatable bonds is 3. The monoisotopic (exact) mass is 448 g/mol. The first kappa shape index (κ1) is 23.9. The molecule has 0 spiro atoms. The van der Waals surface area contributed by atoms with Gasteiger partial charge < -0.3 is 25.2 Å². The van der Waals surface area contributed by atoms with E-state index in [9.17, 15) is 25.2 Å². The molecule has 0 bridgehead atoms. The molecule has 4 aliphatic carbocycles. The number of fused-ring (bicyclic) bond motifs is 5. The highest BCUT2D eigenvalue weighted by atomic mass is 16.5. The van der Waals surface area contributed by atoms with Crippen LogP contribution >= 0.6 is 0 Å². The van der Waals surface area contributed by atoms with E-state index in [0.29, 0.717) is 37.7 Å². The summed E-state index contributed by atoms with van der Waals surface area (Å²) in [6.45, 7) is 9.32. The summed E-state index contributed by atoms with van der Waals surface area (Å²) in [5.74, 6) is -1.12. The van der Waals surface area contributed by atoms with Crippen molar-refractivity contribution in [2.75, 3.05) is 0 Å². The number of hydrogen-bond acceptors (Lipinski definition) is 6. The van der Waals surface area contributed by atoms with Crippen LogP contribution in [0.1, 0.15) is 73.1 Å². The zero-order valence-electron chi connectivity index (χ0n) is 20.0. The van der Waals surface area contributed by atoms with E-state index in [1.165, 1.54) is 0 Å². The Morgan fingerprint density at radius 2 is 1.91 bits per heavy atom. The summed E-state index contributed by atoms with van der Waals surface area (Å²) in [7, 11) is 0. The first-order chi connectivity index (χ1) is 14.9. The molecular weight excluding hydrogens is 408 g/mol. The van der Waals surface area contributed by atoms with E-state index < -0.39 is 29.3 Å². The summed E-state index contributed by atoms with van der Waals surface area (Å²) < 4.78 is 5.73. The third-order valence-corrected chi connectivity index (χ3v) is 10.0. The van der Waals surface area contributed by atoms with Gasteiger partial charge in [-0.25, -0.2) is 4.79 Å². The third-order valence-electron chi connectivity index (χ3n) is 10.0. The maximum Gasteiger partial charge on any atom is 0.333 e. The summed E-state index contributed by atoms with van der Waals surface area (Å²) in [5, 5.41) is 45.5. The number of hydrogen-bond donors (Lipinski definition) is 4. The fraction of sp³-hybridized carbons (Fsp3) is 0.808. The Labute approximate surface area is 191 Å². The SMILES string of the molecule is CC=C(C)C(=O)OC(C)C1CCC2(O)C3CC=C4CC(O)CCC4(C)C3C(O)C(O)C12C. The standard InChI is InChI=1S/C26H40O6/c1-6-14(2)23(30)32-15(3)18-10-12-26(31)19-8-7-16-13-17(27)9-11-24(16,4)20(19)21(28)22(29)25(18,26)5/h6-7,15,17-22,27-29,31H,8-13H2,1-5H3. The summed E-state index contributed by atoms with van der Waals surface area (Å²) in [5.41, 5.74) is -0.837. The Bertz CT molecular complexity index is 834. The number of carbonyl (C=O) groups is 1. The van der Waals surface area contributed by atoms with Crippen LogP contribution in [0.25, 0.3) is 0 Å². The van der Waals surface area contributed by atoms with Gasteiger partial charge in [-0.1, -0.05) is 31.6 Å². The van der Waals surface area contributed by atoms with Crippen LogP contribution in [-0.2, 0) is 9.53 Å². The molecule has 32 heavy (non-hydrogen) atoms. The third kappa shape index (κ3) is 3.09. The van der Waals surface area contributed by atoms with Crippen LogP contribution in [0, 0.1) is 28.6 Å². The fourth-order valence-electron chi connectivity index (χ4n) is 7.94. The molecule has 180 valence electrons. The molecule has 3 fully saturated rings. The number of carbonyl (C=O) groups excluding carboxylic acids is 1. The predicted octanol–water partition coefficient (Wildman–Crippen LogP) is 2.88. The molecule has 6 heteroatoms. The molecule has 10 unspecified atom stereocenters. The van der Waals surface area contributed by atoms with Crippen LogP contribution in [0.5, 0.6) is 0 Å². The highest BCUT2D eigenvalue weighted by molar-refractivity contribution is 5.87. The minimum atomic E-state index is -1.17. The number of allylic oxidation sites excluding steroid dienone is 2. The van der Waals surface area contributed by atoms with Crippen molar-refractivity contribution < 1.29 is 30.0 Å². The van der Waals surface area contributed by atoms with Crippen molar-refractivity contribution in [2.45, 2.75) is 103 Å². The number of ether oxygens (including phenoxy) is 1. The van der Waals surface area contributed by atoms with Gasteiger partial charge in [0.05, 0.1) is 23.9 Å². The van der Waals surface area contributed by atoms with Crippen molar-refractivity contribution >= 4 is 5.97 Å². The normalized spacial score (nSPS) is 49.4. The van der Waals surface area contributed by atoms with Crippen LogP contribution in [0.2, 0.25) is 0 Å². The molecule has 4 N–H and O–H groups in total. The van der Waals surface area contributed by atoms with E-state index in [2.05, 4.69) is 13.0 Å². The van der Waals surface area contributed by atoms with E-state index >= 15 is 0 Å². The van der Waals surface area contributed by atoms with Crippen LogP contribution < -0.4 is 0 Å². The zero-order chi connectivity index (χ0) is 23.6. The Morgan fingerprint density at radius 1 is 1.22 bits per heavy atom. The van der Waals surface area contributed by atoms with Gasteiger partial charge in [0.2, 0.25) is 0 Å². The van der Waals surface area contributed by atoms with Gasteiger partial charge in [-0.3, -0.25) is 0 Å². The summed E-state index contributed by atoms with van der Waals surface area (Å²) in [6.07, 6.45) is 4.63. The molecule has 10 atom stereocenters. The fourth-order valence-corrected chi connectivity index (χ4v) is 7.94. The highest BCUT2D eigenvalue weighted by Gasteiger charge is 2.73. The second-order valence-corrected chi connectivity index (χ2v) is 11.3. The molecule has 0 aliphatic heterocycles. The van der Waals surface area contributed by atoms with Crippen LogP contribution in [0.3, 0.4) is 0 Å². The van der Waals surface area contributed by atoms with E-state index in [-0.39, 0.29) is 35.2 Å². The number of aliphatic hydroxyl groups excluding tert-OH is 3. The lowest BCUT2D eigenvalue weighted by atomic mass is 9.44. The topological polar surface area (TPSA) is 107 Å². The molecule has 0 aromatic heterocycles. The Kier molecular flexibility index (Phi) is 5.93. The minimum absolute atomic E-state index is 0.194. The molecule has 0 aromatic rings. The van der Waals surface area contributed by atoms with Crippen LogP contribution in [0.15, 0.2) is 23.3 Å². The van der Waals surface area contributed by atoms with Gasteiger partial charge in [-0.05, 0) is 70.6 Å². The van der Waals surface area contributed by atoms with Crippen molar-refractivity contribution in [1.82, 2.24) is 0 Å². The molecule has 4 aliphatic rings. The molecular formula is C26H40O6. The van der Waals surface area contributed by atoms with Gasteiger partial charge in [0, 0.05) is 22.8 Å². The van der Waals surface area contributed by atoms with Crippen molar-refractivity contribution in [1.29, 1.82) is 0 Å². The maximum atomic E-state index is 12.4. The largest absolute Gasteiger partial charge is 0.459 e. The smallest absolute Gasteiger partial charge is 0.333 e. The van der Waals surface area contributed by atoms with Gasteiger partial charge in [-0.15, -0.1) is 0 Å². The van der Waals surface area contributed by atoms with E-state index in [4.69, 9.17) is 4.74 Å².